The zero-order valence-corrected chi connectivity index (χ0v) is 17.1. The summed E-state index contributed by atoms with van der Waals surface area (Å²) in [5.74, 6) is 0.218. The third-order valence-corrected chi connectivity index (χ3v) is 5.91. The first-order chi connectivity index (χ1) is 14.0. The van der Waals surface area contributed by atoms with Gasteiger partial charge in [0.1, 0.15) is 12.4 Å². The Morgan fingerprint density at radius 3 is 2.48 bits per heavy atom. The van der Waals surface area contributed by atoms with E-state index >= 15 is 0 Å². The Morgan fingerprint density at radius 1 is 1.17 bits per heavy atom. The lowest BCUT2D eigenvalue weighted by Gasteiger charge is -2.31. The number of benzene rings is 2. The molecule has 0 radical (unpaired) electrons. The molecule has 2 N–H and O–H groups in total. The van der Waals surface area contributed by atoms with Crippen LogP contribution in [0.3, 0.4) is 0 Å². The molecule has 1 fully saturated rings. The van der Waals surface area contributed by atoms with Crippen molar-refractivity contribution in [3.63, 3.8) is 0 Å². The third kappa shape index (κ3) is 4.00. The van der Waals surface area contributed by atoms with Crippen molar-refractivity contribution in [1.29, 1.82) is 0 Å². The zero-order chi connectivity index (χ0) is 20.4. The lowest BCUT2D eigenvalue weighted by Crippen LogP contribution is -2.45. The molecule has 5 nitrogen and oxygen atoms in total. The highest BCUT2D eigenvalue weighted by atomic mass is 32.1. The van der Waals surface area contributed by atoms with Crippen LogP contribution in [0, 0.1) is 17.5 Å². The highest BCUT2D eigenvalue weighted by Crippen LogP contribution is 2.38. The maximum absolute atomic E-state index is 13.4. The molecule has 150 valence electrons. The quantitative estimate of drug-likeness (QED) is 0.602. The highest BCUT2D eigenvalue weighted by molar-refractivity contribution is 7.71. The highest BCUT2D eigenvalue weighted by Gasteiger charge is 2.37. The van der Waals surface area contributed by atoms with Crippen LogP contribution in [0.15, 0.2) is 48.5 Å². The van der Waals surface area contributed by atoms with Crippen LogP contribution >= 0.6 is 12.2 Å². The van der Waals surface area contributed by atoms with Gasteiger partial charge in [-0.15, -0.1) is 0 Å². The first kappa shape index (κ1) is 19.5. The molecule has 1 heterocycles. The van der Waals surface area contributed by atoms with Crippen LogP contribution in [-0.2, 0) is 16.9 Å². The van der Waals surface area contributed by atoms with Crippen LogP contribution in [0.1, 0.15) is 36.8 Å². The minimum Gasteiger partial charge on any atom is -0.345 e. The van der Waals surface area contributed by atoms with Crippen molar-refractivity contribution >= 4 is 18.1 Å². The summed E-state index contributed by atoms with van der Waals surface area (Å²) in [5.41, 5.74) is 2.53. The average Bonchev–Trinajstić information content (AvgIpc) is 3.31. The van der Waals surface area contributed by atoms with Gasteiger partial charge >= 0.3 is 0 Å². The van der Waals surface area contributed by atoms with Crippen molar-refractivity contribution in [1.82, 2.24) is 20.1 Å². The summed E-state index contributed by atoms with van der Waals surface area (Å²) < 4.78 is 15.5. The Labute approximate surface area is 174 Å². The van der Waals surface area contributed by atoms with E-state index in [0.29, 0.717) is 10.6 Å². The van der Waals surface area contributed by atoms with Gasteiger partial charge in [0.2, 0.25) is 5.91 Å². The minimum absolute atomic E-state index is 0.0709. The molecule has 0 atom stereocenters. The van der Waals surface area contributed by atoms with Gasteiger partial charge in [-0.05, 0) is 49.7 Å². The molecule has 0 unspecified atom stereocenters. The first-order valence-electron chi connectivity index (χ1n) is 9.76. The SMILES string of the molecule is Cc1ccc(-c2n[nH]c(=S)n2CC(=O)NC2(c3ccc(F)cc3)CCCC2)cc1. The van der Waals surface area contributed by atoms with Gasteiger partial charge in [-0.3, -0.25) is 14.5 Å². The van der Waals surface area contributed by atoms with Crippen molar-refractivity contribution in [2.45, 2.75) is 44.7 Å². The second kappa shape index (κ2) is 7.91. The maximum Gasteiger partial charge on any atom is 0.240 e. The molecule has 7 heteroatoms. The molecule has 29 heavy (non-hydrogen) atoms. The van der Waals surface area contributed by atoms with Crippen molar-refractivity contribution in [2.75, 3.05) is 0 Å². The van der Waals surface area contributed by atoms with E-state index in [4.69, 9.17) is 12.2 Å². The van der Waals surface area contributed by atoms with Crippen LogP contribution in [-0.4, -0.2) is 20.7 Å². The molecule has 1 aromatic heterocycles. The molecule has 0 saturated heterocycles. The largest absolute Gasteiger partial charge is 0.345 e. The third-order valence-electron chi connectivity index (χ3n) is 5.60. The summed E-state index contributed by atoms with van der Waals surface area (Å²) in [6, 6.07) is 14.4. The second-order valence-electron chi connectivity index (χ2n) is 7.65. The molecule has 0 aliphatic heterocycles. The fourth-order valence-corrected chi connectivity index (χ4v) is 4.27. The van der Waals surface area contributed by atoms with Crippen molar-refractivity contribution in [3.05, 3.63) is 70.2 Å². The number of hydrogen-bond donors (Lipinski definition) is 2. The van der Waals surface area contributed by atoms with Gasteiger partial charge in [0.25, 0.3) is 0 Å². The van der Waals surface area contributed by atoms with Gasteiger partial charge in [0.05, 0.1) is 5.54 Å². The predicted molar refractivity (Wildman–Crippen MR) is 112 cm³/mol. The van der Waals surface area contributed by atoms with Crippen LogP contribution in [0.5, 0.6) is 0 Å². The van der Waals surface area contributed by atoms with Crippen LogP contribution in [0.4, 0.5) is 4.39 Å². The Morgan fingerprint density at radius 2 is 1.83 bits per heavy atom. The van der Waals surface area contributed by atoms with Gasteiger partial charge in [0.15, 0.2) is 10.6 Å². The van der Waals surface area contributed by atoms with Crippen molar-refractivity contribution in [2.24, 2.45) is 0 Å². The van der Waals surface area contributed by atoms with Crippen LogP contribution in [0.2, 0.25) is 0 Å². The number of aromatic amines is 1. The number of rotatable bonds is 5. The van der Waals surface area contributed by atoms with E-state index < -0.39 is 5.54 Å². The Balaban J connectivity index is 1.58. The van der Waals surface area contributed by atoms with E-state index in [1.807, 2.05) is 31.2 Å². The fourth-order valence-electron chi connectivity index (χ4n) is 4.07. The molecule has 1 amide bonds. The normalized spacial score (nSPS) is 15.4. The number of hydrogen-bond acceptors (Lipinski definition) is 3. The number of aromatic nitrogens is 3. The minimum atomic E-state index is -0.458. The average molecular weight is 411 g/mol. The number of aryl methyl sites for hydroxylation is 1. The summed E-state index contributed by atoms with van der Waals surface area (Å²) in [7, 11) is 0. The number of carbonyl (C=O) groups excluding carboxylic acids is 1. The molecular formula is C22H23FN4OS. The van der Waals surface area contributed by atoms with E-state index in [2.05, 4.69) is 15.5 Å². The lowest BCUT2D eigenvalue weighted by atomic mass is 9.88. The second-order valence-corrected chi connectivity index (χ2v) is 8.04. The van der Waals surface area contributed by atoms with Crippen molar-refractivity contribution in [3.8, 4) is 11.4 Å². The van der Waals surface area contributed by atoms with E-state index in [1.165, 1.54) is 12.1 Å². The standard InChI is InChI=1S/C22H23FN4OS/c1-15-4-6-16(7-5-15)20-25-26-21(29)27(20)14-19(28)24-22(12-2-3-13-22)17-8-10-18(23)11-9-17/h4-11H,2-3,12-14H2,1H3,(H,24,28)(H,26,29). The van der Waals surface area contributed by atoms with Gasteiger partial charge in [-0.25, -0.2) is 4.39 Å². The monoisotopic (exact) mass is 410 g/mol. The van der Waals surface area contributed by atoms with Crippen molar-refractivity contribution < 1.29 is 9.18 Å². The van der Waals surface area contributed by atoms with Crippen LogP contribution < -0.4 is 5.32 Å². The molecule has 2 aromatic carbocycles. The molecule has 1 aliphatic carbocycles. The first-order valence-corrected chi connectivity index (χ1v) is 10.2. The summed E-state index contributed by atoms with van der Waals surface area (Å²) in [6.45, 7) is 2.09. The number of H-pyrrole nitrogens is 1. The molecule has 4 rings (SSSR count). The molecular weight excluding hydrogens is 387 g/mol. The van der Waals surface area contributed by atoms with Crippen LogP contribution in [0.25, 0.3) is 11.4 Å². The molecule has 3 aromatic rings. The van der Waals surface area contributed by atoms with E-state index in [1.54, 1.807) is 16.7 Å². The summed E-state index contributed by atoms with van der Waals surface area (Å²) in [6.07, 6.45) is 3.73. The summed E-state index contributed by atoms with van der Waals surface area (Å²) in [5, 5.41) is 10.3. The number of amides is 1. The maximum atomic E-state index is 13.4. The number of nitrogens with one attached hydrogen (secondary N) is 2. The van der Waals surface area contributed by atoms with E-state index in [-0.39, 0.29) is 18.3 Å². The molecule has 0 spiro atoms. The molecule has 0 bridgehead atoms. The Hall–Kier alpha value is -2.80. The molecule has 1 aliphatic rings. The van der Waals surface area contributed by atoms with Gasteiger partial charge in [-0.1, -0.05) is 54.8 Å². The van der Waals surface area contributed by atoms with Gasteiger partial charge < -0.3 is 5.32 Å². The topological polar surface area (TPSA) is 62.7 Å². The lowest BCUT2D eigenvalue weighted by molar-refractivity contribution is -0.123. The van der Waals surface area contributed by atoms with E-state index in [9.17, 15) is 9.18 Å². The van der Waals surface area contributed by atoms with E-state index in [0.717, 1.165) is 42.4 Å². The van der Waals surface area contributed by atoms with Gasteiger partial charge in [-0.2, -0.15) is 5.10 Å². The number of halogens is 1. The smallest absolute Gasteiger partial charge is 0.240 e. The Bertz CT molecular complexity index is 1060. The predicted octanol–water partition coefficient (Wildman–Crippen LogP) is 4.64. The summed E-state index contributed by atoms with van der Waals surface area (Å²) in [4.78, 5) is 13.0. The van der Waals surface area contributed by atoms with Gasteiger partial charge in [0, 0.05) is 5.56 Å². The number of nitrogens with zero attached hydrogens (tertiary/aromatic N) is 2. The fraction of sp³-hybridized carbons (Fsp3) is 0.318. The zero-order valence-electron chi connectivity index (χ0n) is 16.2. The summed E-state index contributed by atoms with van der Waals surface area (Å²) >= 11 is 5.36. The molecule has 1 saturated carbocycles. The Kier molecular flexibility index (Phi) is 5.32. The number of carbonyl (C=O) groups is 1.